The Balaban J connectivity index is 0.864. The van der Waals surface area contributed by atoms with Gasteiger partial charge >= 0.3 is 0 Å². The Morgan fingerprint density at radius 1 is 0.239 bits per heavy atom. The van der Waals surface area contributed by atoms with Crippen LogP contribution in [0, 0.1) is 0 Å². The SMILES string of the molecule is CC(C)(C)c1ccc(N2c3ccc(C(C)(C)Cc4ccc([Si](c5ccccc5)(c5ccccc5)c5cc6c7c(c5)N(c5ccc(C(C)(C)C)cc5)c5ccc(C(C)(C)C)cc5B7c5cc(C(C)(C)C)ccc5N6c5ccc(C(C)(C)C)cc5)cc4)cc3B3c4ccccc4N(c4ccccc4)c4cc([Si](C)(C)C)cc2c43)cc1. The molecule has 4 nitrogen and oxygen atoms in total. The van der Waals surface area contributed by atoms with Gasteiger partial charge in [-0.2, -0.15) is 0 Å². The van der Waals surface area contributed by atoms with Crippen LogP contribution in [0.1, 0.15) is 157 Å². The van der Waals surface area contributed by atoms with Crippen LogP contribution >= 0.6 is 0 Å². The maximum Gasteiger partial charge on any atom is 0.252 e. The molecule has 4 aliphatic rings. The molecule has 0 radical (unpaired) electrons. The van der Waals surface area contributed by atoms with Crippen LogP contribution in [-0.2, 0) is 38.9 Å². The Kier molecular flexibility index (Phi) is 18.1. The summed E-state index contributed by atoms with van der Waals surface area (Å²) in [6.45, 7) is 47.5. The Bertz CT molecular complexity index is 5620. The van der Waals surface area contributed by atoms with Gasteiger partial charge in [0.2, 0.25) is 0 Å². The summed E-state index contributed by atoms with van der Waals surface area (Å²) in [4.78, 5) is 10.5. The van der Waals surface area contributed by atoms with E-state index in [4.69, 9.17) is 0 Å². The minimum atomic E-state index is -3.36. The van der Waals surface area contributed by atoms with Gasteiger partial charge in [0.15, 0.2) is 8.07 Å². The normalized spacial score (nSPS) is 14.1. The van der Waals surface area contributed by atoms with E-state index in [2.05, 4.69) is 448 Å². The van der Waals surface area contributed by atoms with E-state index in [1.54, 1.807) is 0 Å². The van der Waals surface area contributed by atoms with E-state index in [0.717, 1.165) is 17.8 Å². The van der Waals surface area contributed by atoms with Crippen LogP contribution in [0.5, 0.6) is 0 Å². The summed E-state index contributed by atoms with van der Waals surface area (Å²) >= 11 is 0. The highest BCUT2D eigenvalue weighted by atomic mass is 28.3. The van der Waals surface area contributed by atoms with Gasteiger partial charge in [-0.15, -0.1) is 0 Å². The van der Waals surface area contributed by atoms with E-state index in [-0.39, 0.29) is 45.9 Å². The van der Waals surface area contributed by atoms with Gasteiger partial charge in [0.1, 0.15) is 0 Å². The van der Waals surface area contributed by atoms with E-state index in [1.165, 1.54) is 155 Å². The van der Waals surface area contributed by atoms with Crippen LogP contribution < -0.4 is 78.3 Å². The van der Waals surface area contributed by atoms with Crippen molar-refractivity contribution in [3.63, 3.8) is 0 Å². The van der Waals surface area contributed by atoms with Crippen molar-refractivity contribution in [2.75, 3.05) is 19.6 Å². The summed E-state index contributed by atoms with van der Waals surface area (Å²) < 4.78 is 0. The van der Waals surface area contributed by atoms with E-state index in [0.29, 0.717) is 0 Å². The Labute approximate surface area is 677 Å². The second-order valence-electron chi connectivity index (χ2n) is 39.7. The van der Waals surface area contributed by atoms with Crippen LogP contribution in [0.4, 0.5) is 68.2 Å². The average molecular weight is 1510 g/mol. The summed E-state index contributed by atoms with van der Waals surface area (Å²) in [5.74, 6) is 0. The Hall–Kier alpha value is -10.4. The van der Waals surface area contributed by atoms with Crippen molar-refractivity contribution in [1.29, 1.82) is 0 Å². The molecule has 564 valence electrons. The van der Waals surface area contributed by atoms with Crippen molar-refractivity contribution in [1.82, 2.24) is 0 Å². The van der Waals surface area contributed by atoms with Gasteiger partial charge in [-0.3, -0.25) is 0 Å². The van der Waals surface area contributed by atoms with Crippen molar-refractivity contribution in [3.05, 3.63) is 330 Å². The molecule has 0 atom stereocenters. The van der Waals surface area contributed by atoms with Crippen LogP contribution in [0.25, 0.3) is 0 Å². The quantitative estimate of drug-likeness (QED) is 0.0893. The molecule has 4 heterocycles. The molecule has 17 rings (SSSR count). The molecule has 4 aliphatic heterocycles. The molecule has 0 amide bonds. The third-order valence-electron chi connectivity index (χ3n) is 25.3. The summed E-state index contributed by atoms with van der Waals surface area (Å²) in [6, 6.07) is 115. The van der Waals surface area contributed by atoms with Gasteiger partial charge in [-0.05, 0) is 228 Å². The van der Waals surface area contributed by atoms with E-state index < -0.39 is 16.1 Å². The molecular weight excluding hydrogens is 1390 g/mol. The second kappa shape index (κ2) is 27.2. The Morgan fingerprint density at radius 3 is 0.903 bits per heavy atom. The summed E-state index contributed by atoms with van der Waals surface area (Å²) in [7, 11) is -5.26. The lowest BCUT2D eigenvalue weighted by Gasteiger charge is -2.46. The molecule has 0 aliphatic carbocycles. The first-order valence-corrected chi connectivity index (χ1v) is 46.7. The van der Waals surface area contributed by atoms with Crippen LogP contribution in [0.3, 0.4) is 0 Å². The minimum absolute atomic E-state index is 0.00521. The first kappa shape index (κ1) is 75.3. The summed E-state index contributed by atoms with van der Waals surface area (Å²) in [5, 5.41) is 6.80. The van der Waals surface area contributed by atoms with Crippen LogP contribution in [0.15, 0.2) is 291 Å². The molecule has 0 aromatic heterocycles. The van der Waals surface area contributed by atoms with Gasteiger partial charge in [-0.1, -0.05) is 337 Å². The van der Waals surface area contributed by atoms with E-state index >= 15 is 0 Å². The lowest BCUT2D eigenvalue weighted by atomic mass is 9.33. The van der Waals surface area contributed by atoms with Crippen molar-refractivity contribution in [2.45, 2.75) is 176 Å². The van der Waals surface area contributed by atoms with Gasteiger partial charge < -0.3 is 19.6 Å². The predicted molar refractivity (Wildman–Crippen MR) is 498 cm³/mol. The summed E-state index contributed by atoms with van der Waals surface area (Å²) in [5.41, 5.74) is 31.4. The third kappa shape index (κ3) is 13.0. The lowest BCUT2D eigenvalue weighted by Crippen LogP contribution is -2.75. The topological polar surface area (TPSA) is 13.0 Å². The zero-order chi connectivity index (χ0) is 79.4. The average Bonchev–Trinajstić information content (AvgIpc) is 0.713. The zero-order valence-electron chi connectivity index (χ0n) is 70.4. The molecule has 0 fully saturated rings. The molecule has 13 aromatic rings. The van der Waals surface area contributed by atoms with Crippen molar-refractivity contribution in [2.24, 2.45) is 0 Å². The zero-order valence-corrected chi connectivity index (χ0v) is 72.4. The molecule has 0 saturated heterocycles. The number of benzene rings is 13. The highest BCUT2D eigenvalue weighted by molar-refractivity contribution is 7.20. The van der Waals surface area contributed by atoms with E-state index in [9.17, 15) is 0 Å². The Morgan fingerprint density at radius 2 is 0.531 bits per heavy atom. The highest BCUT2D eigenvalue weighted by Gasteiger charge is 2.50. The molecule has 113 heavy (non-hydrogen) atoms. The molecule has 0 spiro atoms. The number of para-hydroxylation sites is 2. The summed E-state index contributed by atoms with van der Waals surface area (Å²) in [6.07, 6.45) is 0.836. The number of fused-ring (bicyclic) bond motifs is 8. The number of nitrogens with zero attached hydrogens (tertiary/aromatic N) is 4. The fraction of sp³-hybridized carbons (Fsp3) is 0.257. The molecular formula is C105H110B2N4Si2. The standard InChI is InChI=1S/C105H110B2N4Si2/c1-100(2,3)71-42-51-78(52-43-71)109-93-61-50-76(64-89(93)106-86-38-30-31-39-90(86)108(77-32-24-21-25-33-77)94-65-84(112(18,19)20)66-95(109)98(94)106)105(16,17)69-70-40-57-83(58-41-70)113(81-34-26-22-27-35-81,82-36-28-23-29-37-82)85-67-96-99-97(68-85)111(80-55-46-73(47-56-80)102(7,8)9)92-60-49-75(104(13,14)15)63-88(92)107(99)87-62-74(103(10,11)12)48-59-91(87)110(96)79-53-44-72(45-54-79)101(4,5)6/h21-68H,69H2,1-20H3. The smallest absolute Gasteiger partial charge is 0.252 e. The van der Waals surface area contributed by atoms with Crippen LogP contribution in [0.2, 0.25) is 19.6 Å². The number of anilines is 12. The second-order valence-corrected chi connectivity index (χ2v) is 48.5. The van der Waals surface area contributed by atoms with Gasteiger partial charge in [0, 0.05) is 68.2 Å². The molecule has 13 aromatic carbocycles. The maximum atomic E-state index is 2.68. The van der Waals surface area contributed by atoms with Gasteiger partial charge in [0.25, 0.3) is 13.4 Å². The first-order chi connectivity index (χ1) is 53.6. The fourth-order valence-electron chi connectivity index (χ4n) is 18.8. The molecule has 0 unspecified atom stereocenters. The van der Waals surface area contributed by atoms with Crippen molar-refractivity contribution >= 4 is 157 Å². The van der Waals surface area contributed by atoms with Gasteiger partial charge in [-0.25, -0.2) is 0 Å². The molecule has 0 N–H and O–H groups in total. The molecule has 8 heteroatoms. The highest BCUT2D eigenvalue weighted by Crippen LogP contribution is 2.49. The van der Waals surface area contributed by atoms with Gasteiger partial charge in [0.05, 0.1) is 8.07 Å². The maximum absolute atomic E-state index is 3.36. The monoisotopic (exact) mass is 1500 g/mol. The third-order valence-corrected chi connectivity index (χ3v) is 32.1. The minimum Gasteiger partial charge on any atom is -0.311 e. The van der Waals surface area contributed by atoms with Crippen LogP contribution in [-0.4, -0.2) is 29.6 Å². The number of hydrogen-bond donors (Lipinski definition) is 0. The lowest BCUT2D eigenvalue weighted by molar-refractivity contribution is 0.523. The number of hydrogen-bond acceptors (Lipinski definition) is 4. The molecule has 0 saturated carbocycles. The first-order valence-electron chi connectivity index (χ1n) is 41.2. The predicted octanol–water partition coefficient (Wildman–Crippen LogP) is 20.8. The largest absolute Gasteiger partial charge is 0.311 e. The molecule has 0 bridgehead atoms. The van der Waals surface area contributed by atoms with Crippen molar-refractivity contribution < 1.29 is 0 Å². The van der Waals surface area contributed by atoms with Crippen molar-refractivity contribution in [3.8, 4) is 0 Å². The number of rotatable bonds is 12. The van der Waals surface area contributed by atoms with E-state index in [1.807, 2.05) is 0 Å². The fourth-order valence-corrected chi connectivity index (χ4v) is 24.7.